The molecule has 1 heterocycles. The van der Waals surface area contributed by atoms with Gasteiger partial charge in [0.05, 0.1) is 0 Å². The standard InChI is InChI=1S/C14H27N3/c1-12(9-15-13-6-7-13)10-17-8-4-5-14(11-17)16(2)3/h13-15H,1,4-11H2,2-3H3. The molecule has 0 aromatic heterocycles. The van der Waals surface area contributed by atoms with Crippen LogP contribution in [0.1, 0.15) is 25.7 Å². The molecule has 0 radical (unpaired) electrons. The van der Waals surface area contributed by atoms with Gasteiger partial charge in [-0.1, -0.05) is 6.58 Å². The van der Waals surface area contributed by atoms with Crippen molar-refractivity contribution in [3.63, 3.8) is 0 Å². The number of hydrogen-bond acceptors (Lipinski definition) is 3. The van der Waals surface area contributed by atoms with E-state index in [-0.39, 0.29) is 0 Å². The van der Waals surface area contributed by atoms with Crippen molar-refractivity contribution in [3.8, 4) is 0 Å². The Kier molecular flexibility index (Phi) is 4.60. The summed E-state index contributed by atoms with van der Waals surface area (Å²) in [5.41, 5.74) is 1.34. The third-order valence-electron chi connectivity index (χ3n) is 3.88. The third-order valence-corrected chi connectivity index (χ3v) is 3.88. The molecule has 3 heteroatoms. The molecule has 1 unspecified atom stereocenters. The predicted octanol–water partition coefficient (Wildman–Crippen LogP) is 1.32. The van der Waals surface area contributed by atoms with E-state index in [4.69, 9.17) is 0 Å². The molecule has 1 N–H and O–H groups in total. The first-order valence-electron chi connectivity index (χ1n) is 6.94. The number of piperidine rings is 1. The number of rotatable bonds is 6. The van der Waals surface area contributed by atoms with E-state index >= 15 is 0 Å². The summed E-state index contributed by atoms with van der Waals surface area (Å²) in [6.45, 7) is 8.73. The zero-order valence-corrected chi connectivity index (χ0v) is 11.4. The van der Waals surface area contributed by atoms with Crippen molar-refractivity contribution in [2.24, 2.45) is 0 Å². The second-order valence-corrected chi connectivity index (χ2v) is 5.90. The lowest BCUT2D eigenvalue weighted by Crippen LogP contribution is -2.46. The molecule has 98 valence electrons. The van der Waals surface area contributed by atoms with Crippen molar-refractivity contribution in [2.45, 2.75) is 37.8 Å². The van der Waals surface area contributed by atoms with Crippen LogP contribution >= 0.6 is 0 Å². The van der Waals surface area contributed by atoms with E-state index < -0.39 is 0 Å². The Labute approximate surface area is 106 Å². The second-order valence-electron chi connectivity index (χ2n) is 5.90. The maximum Gasteiger partial charge on any atom is 0.0217 e. The Morgan fingerprint density at radius 1 is 1.35 bits per heavy atom. The van der Waals surface area contributed by atoms with E-state index in [0.29, 0.717) is 0 Å². The third kappa shape index (κ3) is 4.41. The van der Waals surface area contributed by atoms with Crippen LogP contribution < -0.4 is 5.32 Å². The molecule has 1 aliphatic heterocycles. The molecule has 0 aromatic rings. The van der Waals surface area contributed by atoms with Crippen LogP contribution in [0.25, 0.3) is 0 Å². The van der Waals surface area contributed by atoms with E-state index in [0.717, 1.165) is 25.2 Å². The van der Waals surface area contributed by atoms with Gasteiger partial charge in [0.1, 0.15) is 0 Å². The van der Waals surface area contributed by atoms with Gasteiger partial charge in [0.2, 0.25) is 0 Å². The van der Waals surface area contributed by atoms with E-state index in [1.54, 1.807) is 0 Å². The lowest BCUT2D eigenvalue weighted by Gasteiger charge is -2.36. The van der Waals surface area contributed by atoms with Gasteiger partial charge in [0.25, 0.3) is 0 Å². The molecule has 1 saturated heterocycles. The van der Waals surface area contributed by atoms with Crippen LogP contribution in [0.3, 0.4) is 0 Å². The Hall–Kier alpha value is -0.380. The molecule has 2 rings (SSSR count). The highest BCUT2D eigenvalue weighted by Gasteiger charge is 2.23. The molecule has 0 aromatic carbocycles. The molecule has 0 bridgehead atoms. The predicted molar refractivity (Wildman–Crippen MR) is 73.3 cm³/mol. The lowest BCUT2D eigenvalue weighted by molar-refractivity contribution is 0.141. The van der Waals surface area contributed by atoms with Gasteiger partial charge in [-0.05, 0) is 51.9 Å². The van der Waals surface area contributed by atoms with E-state index in [9.17, 15) is 0 Å². The Morgan fingerprint density at radius 3 is 2.76 bits per heavy atom. The van der Waals surface area contributed by atoms with Gasteiger partial charge < -0.3 is 10.2 Å². The minimum absolute atomic E-state index is 0.730. The minimum Gasteiger partial charge on any atom is -0.310 e. The Balaban J connectivity index is 1.67. The Morgan fingerprint density at radius 2 is 2.12 bits per heavy atom. The molecule has 2 fully saturated rings. The summed E-state index contributed by atoms with van der Waals surface area (Å²) in [5, 5.41) is 3.54. The molecule has 1 atom stereocenters. The first-order chi connectivity index (χ1) is 8.15. The fraction of sp³-hybridized carbons (Fsp3) is 0.857. The highest BCUT2D eigenvalue weighted by Crippen LogP contribution is 2.19. The maximum atomic E-state index is 4.20. The molecule has 1 saturated carbocycles. The summed E-state index contributed by atoms with van der Waals surface area (Å²) in [6, 6.07) is 1.52. The molecule has 3 nitrogen and oxygen atoms in total. The average Bonchev–Trinajstić information content (AvgIpc) is 3.10. The van der Waals surface area contributed by atoms with Crippen LogP contribution in [0.2, 0.25) is 0 Å². The van der Waals surface area contributed by atoms with Crippen molar-refractivity contribution >= 4 is 0 Å². The fourth-order valence-electron chi connectivity index (χ4n) is 2.54. The highest BCUT2D eigenvalue weighted by atomic mass is 15.2. The zero-order valence-electron chi connectivity index (χ0n) is 11.4. The minimum atomic E-state index is 0.730. The first-order valence-corrected chi connectivity index (χ1v) is 6.94. The molecule has 1 aliphatic carbocycles. The quantitative estimate of drug-likeness (QED) is 0.703. The van der Waals surface area contributed by atoms with Gasteiger partial charge in [-0.2, -0.15) is 0 Å². The molecule has 0 spiro atoms. The second kappa shape index (κ2) is 5.98. The maximum absolute atomic E-state index is 4.20. The highest BCUT2D eigenvalue weighted by molar-refractivity contribution is 5.02. The SMILES string of the molecule is C=C(CNC1CC1)CN1CCCC(N(C)C)C1. The summed E-state index contributed by atoms with van der Waals surface area (Å²) in [7, 11) is 4.38. The molecule has 2 aliphatic rings. The van der Waals surface area contributed by atoms with Gasteiger partial charge in [0, 0.05) is 31.7 Å². The largest absolute Gasteiger partial charge is 0.310 e. The average molecular weight is 237 g/mol. The smallest absolute Gasteiger partial charge is 0.0217 e. The number of likely N-dealkylation sites (tertiary alicyclic amines) is 1. The van der Waals surface area contributed by atoms with Gasteiger partial charge in [-0.15, -0.1) is 0 Å². The summed E-state index contributed by atoms with van der Waals surface area (Å²) in [4.78, 5) is 4.92. The van der Waals surface area contributed by atoms with E-state index in [1.165, 1.54) is 44.3 Å². The van der Waals surface area contributed by atoms with Gasteiger partial charge in [-0.3, -0.25) is 4.90 Å². The topological polar surface area (TPSA) is 18.5 Å². The molecular formula is C14H27N3. The summed E-state index contributed by atoms with van der Waals surface area (Å²) < 4.78 is 0. The van der Waals surface area contributed by atoms with Crippen molar-refractivity contribution in [1.82, 2.24) is 15.1 Å². The fourth-order valence-corrected chi connectivity index (χ4v) is 2.54. The van der Waals surface area contributed by atoms with Gasteiger partial charge in [0.15, 0.2) is 0 Å². The van der Waals surface area contributed by atoms with Gasteiger partial charge >= 0.3 is 0 Å². The normalized spacial score (nSPS) is 26.4. The lowest BCUT2D eigenvalue weighted by atomic mass is 10.0. The van der Waals surface area contributed by atoms with Crippen LogP contribution in [0.15, 0.2) is 12.2 Å². The van der Waals surface area contributed by atoms with E-state index in [2.05, 4.69) is 35.8 Å². The molecule has 0 amide bonds. The number of nitrogens with zero attached hydrogens (tertiary/aromatic N) is 2. The summed E-state index contributed by atoms with van der Waals surface area (Å²) in [5.74, 6) is 0. The number of nitrogens with one attached hydrogen (secondary N) is 1. The van der Waals surface area contributed by atoms with Crippen molar-refractivity contribution in [2.75, 3.05) is 40.3 Å². The van der Waals surface area contributed by atoms with E-state index in [1.807, 2.05) is 0 Å². The van der Waals surface area contributed by atoms with Crippen molar-refractivity contribution < 1.29 is 0 Å². The molecular weight excluding hydrogens is 210 g/mol. The molecule has 17 heavy (non-hydrogen) atoms. The van der Waals surface area contributed by atoms with Crippen LogP contribution in [-0.2, 0) is 0 Å². The van der Waals surface area contributed by atoms with Crippen LogP contribution in [-0.4, -0.2) is 62.2 Å². The van der Waals surface area contributed by atoms with Crippen LogP contribution in [0, 0.1) is 0 Å². The summed E-state index contributed by atoms with van der Waals surface area (Å²) >= 11 is 0. The van der Waals surface area contributed by atoms with Crippen LogP contribution in [0.5, 0.6) is 0 Å². The Bertz CT molecular complexity index is 258. The van der Waals surface area contributed by atoms with Crippen molar-refractivity contribution in [1.29, 1.82) is 0 Å². The number of hydrogen-bond donors (Lipinski definition) is 1. The summed E-state index contributed by atoms with van der Waals surface area (Å²) in [6.07, 6.45) is 5.39. The van der Waals surface area contributed by atoms with Crippen LogP contribution in [0.4, 0.5) is 0 Å². The van der Waals surface area contributed by atoms with Crippen molar-refractivity contribution in [3.05, 3.63) is 12.2 Å². The zero-order chi connectivity index (χ0) is 12.3. The monoisotopic (exact) mass is 237 g/mol. The number of likely N-dealkylation sites (N-methyl/N-ethyl adjacent to an activating group) is 1. The van der Waals surface area contributed by atoms with Gasteiger partial charge in [-0.25, -0.2) is 0 Å². The first kappa shape index (κ1) is 13.1.